The van der Waals surface area contributed by atoms with E-state index >= 15 is 0 Å². The van der Waals surface area contributed by atoms with Gasteiger partial charge in [-0.25, -0.2) is 4.39 Å². The van der Waals surface area contributed by atoms with Crippen LogP contribution in [0.15, 0.2) is 12.1 Å². The molecule has 84 valence electrons. The smallest absolute Gasteiger partial charge is 0.373 e. The zero-order chi connectivity index (χ0) is 11.8. The van der Waals surface area contributed by atoms with Gasteiger partial charge in [0.05, 0.1) is 10.6 Å². The van der Waals surface area contributed by atoms with Crippen LogP contribution in [0.4, 0.5) is 17.6 Å². The van der Waals surface area contributed by atoms with Crippen molar-refractivity contribution < 1.29 is 22.7 Å². The number of aliphatic hydroxyl groups excluding tert-OH is 1. The van der Waals surface area contributed by atoms with Crippen LogP contribution in [0.5, 0.6) is 0 Å². The Morgan fingerprint density at radius 1 is 1.27 bits per heavy atom. The fourth-order valence-electron chi connectivity index (χ4n) is 0.962. The van der Waals surface area contributed by atoms with Crippen LogP contribution in [0, 0.1) is 5.82 Å². The van der Waals surface area contributed by atoms with Gasteiger partial charge in [-0.15, -0.1) is 0 Å². The molecular formula is C8H4Cl2F4O. The molecular weight excluding hydrogens is 259 g/mol. The van der Waals surface area contributed by atoms with Crippen LogP contribution in [0.1, 0.15) is 16.7 Å². The lowest BCUT2D eigenvalue weighted by molar-refractivity contribution is -0.137. The van der Waals surface area contributed by atoms with Crippen LogP contribution in [0.3, 0.4) is 0 Å². The van der Waals surface area contributed by atoms with E-state index in [-0.39, 0.29) is 6.07 Å². The molecule has 7 heteroatoms. The summed E-state index contributed by atoms with van der Waals surface area (Å²) in [5.41, 5.74) is -3.53. The molecule has 1 nitrogen and oxygen atoms in total. The van der Waals surface area contributed by atoms with Gasteiger partial charge < -0.3 is 5.11 Å². The highest BCUT2D eigenvalue weighted by atomic mass is 35.5. The first-order valence-corrected chi connectivity index (χ1v) is 4.43. The number of aliphatic hydroxyl groups is 1. The van der Waals surface area contributed by atoms with E-state index in [1.807, 2.05) is 0 Å². The molecule has 0 aliphatic heterocycles. The van der Waals surface area contributed by atoms with Crippen molar-refractivity contribution in [3.63, 3.8) is 0 Å². The van der Waals surface area contributed by atoms with Gasteiger partial charge in [0.1, 0.15) is 5.82 Å². The lowest BCUT2D eigenvalue weighted by Gasteiger charge is -2.12. The number of hydrogen-bond acceptors (Lipinski definition) is 1. The molecule has 1 aromatic rings. The van der Waals surface area contributed by atoms with Crippen LogP contribution in [0.25, 0.3) is 0 Å². The summed E-state index contributed by atoms with van der Waals surface area (Å²) < 4.78 is 49.7. The van der Waals surface area contributed by atoms with Crippen LogP contribution < -0.4 is 0 Å². The van der Waals surface area contributed by atoms with Gasteiger partial charge in [-0.2, -0.15) is 13.2 Å². The summed E-state index contributed by atoms with van der Waals surface area (Å²) in [6.07, 6.45) is -4.74. The number of benzene rings is 1. The van der Waals surface area contributed by atoms with Crippen molar-refractivity contribution in [1.82, 2.24) is 0 Å². The van der Waals surface area contributed by atoms with E-state index in [1.54, 1.807) is 0 Å². The van der Waals surface area contributed by atoms with Crippen molar-refractivity contribution in [3.8, 4) is 0 Å². The van der Waals surface area contributed by atoms with Gasteiger partial charge in [-0.05, 0) is 12.1 Å². The second-order valence-corrected chi connectivity index (χ2v) is 3.51. The van der Waals surface area contributed by atoms with E-state index in [2.05, 4.69) is 0 Å². The van der Waals surface area contributed by atoms with Gasteiger partial charge in [0.15, 0.2) is 5.56 Å². The molecule has 0 amide bonds. The first kappa shape index (κ1) is 12.5. The van der Waals surface area contributed by atoms with E-state index < -0.39 is 33.7 Å². The number of rotatable bonds is 1. The quantitative estimate of drug-likeness (QED) is 0.604. The summed E-state index contributed by atoms with van der Waals surface area (Å²) in [6.45, 7) is 0. The summed E-state index contributed by atoms with van der Waals surface area (Å²) >= 11 is 10.4. The number of halogens is 6. The summed E-state index contributed by atoms with van der Waals surface area (Å²) in [6, 6.07) is 0.848. The molecule has 0 saturated carbocycles. The molecule has 0 radical (unpaired) electrons. The molecule has 1 atom stereocenters. The largest absolute Gasteiger partial charge is 0.417 e. The van der Waals surface area contributed by atoms with Crippen molar-refractivity contribution in [2.75, 3.05) is 0 Å². The van der Waals surface area contributed by atoms with Gasteiger partial charge in [0.25, 0.3) is 0 Å². The molecule has 0 heterocycles. The maximum atomic E-state index is 13.0. The average molecular weight is 263 g/mol. The highest BCUT2D eigenvalue weighted by Gasteiger charge is 2.34. The van der Waals surface area contributed by atoms with Crippen LogP contribution in [-0.4, -0.2) is 5.11 Å². The van der Waals surface area contributed by atoms with E-state index in [1.165, 1.54) is 0 Å². The summed E-state index contributed by atoms with van der Waals surface area (Å²) in [4.78, 5) is 0. The van der Waals surface area contributed by atoms with E-state index in [4.69, 9.17) is 28.3 Å². The normalized spacial score (nSPS) is 14.1. The third-order valence-corrected chi connectivity index (χ3v) is 2.20. The summed E-state index contributed by atoms with van der Waals surface area (Å²) in [5, 5.41) is 8.10. The first-order valence-electron chi connectivity index (χ1n) is 3.61. The van der Waals surface area contributed by atoms with Gasteiger partial charge in [-0.1, -0.05) is 23.2 Å². The third-order valence-electron chi connectivity index (χ3n) is 1.65. The Bertz CT molecular complexity index is 376. The topological polar surface area (TPSA) is 20.2 Å². The van der Waals surface area contributed by atoms with E-state index in [0.717, 1.165) is 0 Å². The van der Waals surface area contributed by atoms with Gasteiger partial charge in [-0.3, -0.25) is 0 Å². The molecule has 0 saturated heterocycles. The first-order chi connectivity index (χ1) is 6.73. The Labute approximate surface area is 92.2 Å². The molecule has 1 unspecified atom stereocenters. The lowest BCUT2D eigenvalue weighted by Crippen LogP contribution is -2.08. The number of alkyl halides is 4. The molecule has 0 aromatic heterocycles. The summed E-state index contributed by atoms with van der Waals surface area (Å²) in [5.74, 6) is -1.26. The van der Waals surface area contributed by atoms with Crippen molar-refractivity contribution in [2.45, 2.75) is 11.7 Å². The molecule has 1 aromatic carbocycles. The Morgan fingerprint density at radius 2 is 1.80 bits per heavy atom. The Balaban J connectivity index is 3.32. The van der Waals surface area contributed by atoms with Crippen molar-refractivity contribution in [1.29, 1.82) is 0 Å². The molecule has 0 aliphatic rings. The summed E-state index contributed by atoms with van der Waals surface area (Å²) in [7, 11) is 0. The molecule has 0 spiro atoms. The van der Waals surface area contributed by atoms with Crippen molar-refractivity contribution >= 4 is 23.2 Å². The van der Waals surface area contributed by atoms with Crippen molar-refractivity contribution in [3.05, 3.63) is 34.1 Å². The van der Waals surface area contributed by atoms with Gasteiger partial charge in [0.2, 0.25) is 0 Å². The van der Waals surface area contributed by atoms with Crippen molar-refractivity contribution in [2.24, 2.45) is 0 Å². The molecule has 0 aliphatic carbocycles. The Hall–Kier alpha value is -0.520. The Kier molecular flexibility index (Phi) is 3.48. The minimum atomic E-state index is -4.74. The highest BCUT2D eigenvalue weighted by Crippen LogP contribution is 2.37. The zero-order valence-electron chi connectivity index (χ0n) is 6.95. The number of hydrogen-bond donors (Lipinski definition) is 1. The fraction of sp³-hybridized carbons (Fsp3) is 0.250. The second-order valence-electron chi connectivity index (χ2n) is 2.69. The maximum Gasteiger partial charge on any atom is 0.417 e. The lowest BCUT2D eigenvalue weighted by atomic mass is 10.1. The highest BCUT2D eigenvalue weighted by molar-refractivity contribution is 6.31. The third kappa shape index (κ3) is 2.74. The predicted molar refractivity (Wildman–Crippen MR) is 47.2 cm³/mol. The van der Waals surface area contributed by atoms with Crippen LogP contribution in [0.2, 0.25) is 5.02 Å². The zero-order valence-corrected chi connectivity index (χ0v) is 8.46. The van der Waals surface area contributed by atoms with Crippen LogP contribution >= 0.6 is 23.2 Å². The van der Waals surface area contributed by atoms with Crippen LogP contribution in [-0.2, 0) is 6.18 Å². The average Bonchev–Trinajstić information content (AvgIpc) is 2.06. The predicted octanol–water partition coefficient (Wildman–Crippen LogP) is 3.73. The molecule has 1 rings (SSSR count). The minimum absolute atomic E-state index is 0.198. The van der Waals surface area contributed by atoms with E-state index in [9.17, 15) is 17.6 Å². The molecule has 15 heavy (non-hydrogen) atoms. The fourth-order valence-corrected chi connectivity index (χ4v) is 1.41. The molecule has 0 fully saturated rings. The maximum absolute atomic E-state index is 13.0. The second kappa shape index (κ2) is 4.15. The van der Waals surface area contributed by atoms with Gasteiger partial charge >= 0.3 is 6.18 Å². The minimum Gasteiger partial charge on any atom is -0.373 e. The molecule has 1 N–H and O–H groups in total. The standard InChI is InChI=1S/C8H4Cl2F4O/c9-5-1-3(7(10)15)6(11)2-4(5)8(12,13)14/h1-2,7,15H. The van der Waals surface area contributed by atoms with Gasteiger partial charge in [0, 0.05) is 5.56 Å². The molecule has 0 bridgehead atoms. The Morgan fingerprint density at radius 3 is 2.20 bits per heavy atom. The monoisotopic (exact) mass is 262 g/mol. The van der Waals surface area contributed by atoms with E-state index in [0.29, 0.717) is 6.07 Å². The SMILES string of the molecule is OC(Cl)c1cc(Cl)c(C(F)(F)F)cc1F.